The average molecular weight is 377 g/mol. The summed E-state index contributed by atoms with van der Waals surface area (Å²) in [6, 6.07) is -1.11. The summed E-state index contributed by atoms with van der Waals surface area (Å²) in [4.78, 5) is 33.1. The summed E-state index contributed by atoms with van der Waals surface area (Å²) in [5.41, 5.74) is 0. The number of unbranched alkanes of at least 4 members (excludes halogenated alkanes) is 8. The summed E-state index contributed by atoms with van der Waals surface area (Å²) in [6.45, 7) is 2.20. The summed E-state index contributed by atoms with van der Waals surface area (Å²) in [7, 11) is 0. The quantitative estimate of drug-likeness (QED) is 0.299. The fourth-order valence-corrected chi connectivity index (χ4v) is 2.39. The van der Waals surface area contributed by atoms with Gasteiger partial charge in [-0.3, -0.25) is 9.59 Å². The molecule has 0 unspecified atom stereocenters. The predicted octanol–water partition coefficient (Wildman–Crippen LogP) is 2.04. The number of hydrogen-bond donors (Lipinski definition) is 3. The SMILES string of the molecule is CCCCCCCCCCCC(=O)N[C@@H](CCC(=O)O)C(=O)O.[NaH].[NaH]. The second-order valence-electron chi connectivity index (χ2n) is 5.97. The predicted molar refractivity (Wildman–Crippen MR) is 103 cm³/mol. The Bertz CT molecular complexity index is 367. The van der Waals surface area contributed by atoms with Crippen molar-refractivity contribution in [1.29, 1.82) is 0 Å². The van der Waals surface area contributed by atoms with E-state index in [1.807, 2.05) is 0 Å². The zero-order chi connectivity index (χ0) is 17.5. The van der Waals surface area contributed by atoms with E-state index in [0.717, 1.165) is 19.3 Å². The number of carbonyl (C=O) groups is 3. The molecule has 0 fully saturated rings. The van der Waals surface area contributed by atoms with Crippen molar-refractivity contribution in [1.82, 2.24) is 5.32 Å². The number of hydrogen-bond acceptors (Lipinski definition) is 3. The van der Waals surface area contributed by atoms with Gasteiger partial charge in [-0.25, -0.2) is 4.79 Å². The molecule has 1 amide bonds. The van der Waals surface area contributed by atoms with E-state index in [1.54, 1.807) is 0 Å². The topological polar surface area (TPSA) is 104 Å². The first-order valence-electron chi connectivity index (χ1n) is 8.71. The molecule has 0 radical (unpaired) electrons. The Morgan fingerprint density at radius 1 is 0.800 bits per heavy atom. The van der Waals surface area contributed by atoms with Crippen molar-refractivity contribution in [2.45, 2.75) is 90.0 Å². The van der Waals surface area contributed by atoms with E-state index in [0.29, 0.717) is 6.42 Å². The fourth-order valence-electron chi connectivity index (χ4n) is 2.39. The van der Waals surface area contributed by atoms with Gasteiger partial charge in [0.15, 0.2) is 0 Å². The first-order valence-corrected chi connectivity index (χ1v) is 8.71. The molecule has 0 aromatic carbocycles. The summed E-state index contributed by atoms with van der Waals surface area (Å²) in [5.74, 6) is -2.57. The summed E-state index contributed by atoms with van der Waals surface area (Å²) < 4.78 is 0. The van der Waals surface area contributed by atoms with Crippen molar-refractivity contribution < 1.29 is 24.6 Å². The molecule has 0 saturated heterocycles. The van der Waals surface area contributed by atoms with Gasteiger partial charge in [-0.1, -0.05) is 58.3 Å². The van der Waals surface area contributed by atoms with Crippen LogP contribution in [0.15, 0.2) is 0 Å². The Labute approximate surface area is 195 Å². The van der Waals surface area contributed by atoms with Gasteiger partial charge in [0.05, 0.1) is 0 Å². The maximum absolute atomic E-state index is 11.7. The monoisotopic (exact) mass is 377 g/mol. The molecule has 25 heavy (non-hydrogen) atoms. The molecule has 0 aliphatic heterocycles. The third-order valence-corrected chi connectivity index (χ3v) is 3.79. The van der Waals surface area contributed by atoms with Gasteiger partial charge in [0.1, 0.15) is 6.04 Å². The molecule has 0 aliphatic carbocycles. The molecule has 1 atom stereocenters. The van der Waals surface area contributed by atoms with Crippen LogP contribution in [-0.2, 0) is 14.4 Å². The Hall–Kier alpha value is 0.410. The minimum absolute atomic E-state index is 0. The molecule has 138 valence electrons. The molecule has 0 aromatic rings. The van der Waals surface area contributed by atoms with E-state index in [2.05, 4.69) is 12.2 Å². The molecular weight excluding hydrogens is 344 g/mol. The van der Waals surface area contributed by atoms with Gasteiger partial charge in [0.2, 0.25) is 5.91 Å². The summed E-state index contributed by atoms with van der Waals surface area (Å²) >= 11 is 0. The number of carbonyl (C=O) groups excluding carboxylic acids is 1. The minimum atomic E-state index is -1.19. The van der Waals surface area contributed by atoms with Crippen LogP contribution in [0, 0.1) is 0 Å². The Morgan fingerprint density at radius 2 is 1.28 bits per heavy atom. The van der Waals surface area contributed by atoms with Crippen molar-refractivity contribution in [2.75, 3.05) is 0 Å². The van der Waals surface area contributed by atoms with E-state index >= 15 is 0 Å². The summed E-state index contributed by atoms with van der Waals surface area (Å²) in [5, 5.41) is 19.9. The normalized spacial score (nSPS) is 10.9. The molecule has 0 aromatic heterocycles. The second kappa shape index (κ2) is 20.7. The molecule has 0 rings (SSSR count). The van der Waals surface area contributed by atoms with Crippen molar-refractivity contribution in [3.63, 3.8) is 0 Å². The van der Waals surface area contributed by atoms with Crippen LogP contribution in [0.1, 0.15) is 84.0 Å². The maximum atomic E-state index is 11.7. The number of carboxylic acid groups (broad SMARTS) is 2. The van der Waals surface area contributed by atoms with E-state index in [1.165, 1.54) is 38.5 Å². The van der Waals surface area contributed by atoms with Gasteiger partial charge in [0.25, 0.3) is 0 Å². The Morgan fingerprint density at radius 3 is 1.72 bits per heavy atom. The van der Waals surface area contributed by atoms with Crippen LogP contribution in [0.25, 0.3) is 0 Å². The Balaban J connectivity index is -0.00000242. The van der Waals surface area contributed by atoms with Crippen LogP contribution in [0.4, 0.5) is 0 Å². The number of carboxylic acids is 2. The van der Waals surface area contributed by atoms with Crippen molar-refractivity contribution in [2.24, 2.45) is 0 Å². The molecule has 3 N–H and O–H groups in total. The van der Waals surface area contributed by atoms with Crippen molar-refractivity contribution >= 4 is 77.0 Å². The third kappa shape index (κ3) is 20.6. The van der Waals surface area contributed by atoms with Crippen LogP contribution in [-0.4, -0.2) is 93.2 Å². The number of aliphatic carboxylic acids is 2. The molecule has 0 bridgehead atoms. The molecule has 6 nitrogen and oxygen atoms in total. The molecule has 0 spiro atoms. The number of nitrogens with one attached hydrogen (secondary N) is 1. The van der Waals surface area contributed by atoms with Gasteiger partial charge in [-0.05, 0) is 12.8 Å². The van der Waals surface area contributed by atoms with Crippen LogP contribution >= 0.6 is 0 Å². The van der Waals surface area contributed by atoms with Gasteiger partial charge < -0.3 is 15.5 Å². The summed E-state index contributed by atoms with van der Waals surface area (Å²) in [6.07, 6.45) is 10.3. The van der Waals surface area contributed by atoms with Gasteiger partial charge in [-0.2, -0.15) is 0 Å². The zero-order valence-corrected chi connectivity index (χ0v) is 14.2. The molecule has 0 heterocycles. The van der Waals surface area contributed by atoms with Crippen LogP contribution < -0.4 is 5.32 Å². The van der Waals surface area contributed by atoms with Crippen LogP contribution in [0.2, 0.25) is 0 Å². The molecular formula is C17H33NNa2O5. The molecule has 0 aliphatic rings. The van der Waals surface area contributed by atoms with Gasteiger partial charge in [0, 0.05) is 12.8 Å². The van der Waals surface area contributed by atoms with E-state index in [4.69, 9.17) is 10.2 Å². The molecule has 8 heteroatoms. The number of rotatable bonds is 15. The third-order valence-electron chi connectivity index (χ3n) is 3.79. The van der Waals surface area contributed by atoms with Crippen LogP contribution in [0.3, 0.4) is 0 Å². The first-order chi connectivity index (χ1) is 11.0. The number of amides is 1. The molecule has 0 saturated carbocycles. The Kier molecular flexibility index (Phi) is 25.0. The standard InChI is InChI=1S/C17H31NO5.2Na.2H/c1-2-3-4-5-6-7-8-9-10-11-15(19)18-14(17(22)23)12-13-16(20)21;;;;/h14H,2-13H2,1H3,(H,18,19)(H,20,21)(H,22,23);;;;/t14-;;;;/m0..../s1. The van der Waals surface area contributed by atoms with Gasteiger partial charge in [-0.15, -0.1) is 0 Å². The first kappa shape index (κ1) is 30.1. The zero-order valence-electron chi connectivity index (χ0n) is 14.2. The van der Waals surface area contributed by atoms with E-state index in [9.17, 15) is 14.4 Å². The fraction of sp³-hybridized carbons (Fsp3) is 0.824. The van der Waals surface area contributed by atoms with Gasteiger partial charge >= 0.3 is 71.1 Å². The second-order valence-corrected chi connectivity index (χ2v) is 5.97. The van der Waals surface area contributed by atoms with Crippen molar-refractivity contribution in [3.8, 4) is 0 Å². The average Bonchev–Trinajstić information content (AvgIpc) is 2.49. The van der Waals surface area contributed by atoms with E-state index < -0.39 is 18.0 Å². The van der Waals surface area contributed by atoms with Crippen molar-refractivity contribution in [3.05, 3.63) is 0 Å². The van der Waals surface area contributed by atoms with Crippen LogP contribution in [0.5, 0.6) is 0 Å². The van der Waals surface area contributed by atoms with E-state index in [-0.39, 0.29) is 77.9 Å².